The molecule has 5 aromatic rings. The summed E-state index contributed by atoms with van der Waals surface area (Å²) in [4.78, 5) is 23.2. The summed E-state index contributed by atoms with van der Waals surface area (Å²) in [5.41, 5.74) is 21.0. The fourth-order valence-corrected chi connectivity index (χ4v) is 11.0. The van der Waals surface area contributed by atoms with Crippen LogP contribution in [-0.4, -0.2) is 17.1 Å². The first-order chi connectivity index (χ1) is 37.6. The van der Waals surface area contributed by atoms with Gasteiger partial charge >= 0.3 is 16.5 Å². The molecule has 0 aliphatic carbocycles. The number of hydrogen-bond acceptors (Lipinski definition) is 4. The first-order valence-corrected chi connectivity index (χ1v) is 29.8. The van der Waals surface area contributed by atoms with E-state index in [1.165, 1.54) is 44.5 Å². The van der Waals surface area contributed by atoms with Crippen molar-refractivity contribution in [3.63, 3.8) is 0 Å². The van der Waals surface area contributed by atoms with E-state index >= 15 is 0 Å². The van der Waals surface area contributed by atoms with Crippen molar-refractivity contribution in [1.82, 2.24) is 4.98 Å². The number of hydrogen-bond donors (Lipinski definition) is 0. The molecule has 0 fully saturated rings. The summed E-state index contributed by atoms with van der Waals surface area (Å²) >= 11 is 0. The summed E-state index contributed by atoms with van der Waals surface area (Å²) in [5.74, 6) is 0. The van der Waals surface area contributed by atoms with Gasteiger partial charge in [-0.05, 0) is 157 Å². The summed E-state index contributed by atoms with van der Waals surface area (Å²) < 4.78 is 0. The molecule has 0 radical (unpaired) electrons. The van der Waals surface area contributed by atoms with Crippen molar-refractivity contribution in [3.8, 4) is 0 Å². The molecule has 0 unspecified atom stereocenters. The van der Waals surface area contributed by atoms with Gasteiger partial charge in [0.1, 0.15) is 0 Å². The third-order valence-corrected chi connectivity index (χ3v) is 16.7. The number of allylic oxidation sites excluding steroid dienone is 8. The van der Waals surface area contributed by atoms with Crippen LogP contribution in [-0.2, 0) is 59.8 Å². The molecule has 8 bridgehead atoms. The maximum Gasteiger partial charge on any atom is 2.00 e. The predicted octanol–water partition coefficient (Wildman–Crippen LogP) is 16.9. The molecule has 436 valence electrons. The van der Waals surface area contributed by atoms with E-state index in [4.69, 9.17) is 20.0 Å². The average Bonchev–Trinajstić information content (AvgIpc) is 4.36. The van der Waals surface area contributed by atoms with Crippen LogP contribution in [0.15, 0.2) is 159 Å². The van der Waals surface area contributed by atoms with E-state index in [0.29, 0.717) is 17.0 Å². The molecule has 0 saturated carbocycles. The monoisotopic (exact) mass is 1150 g/mol. The van der Waals surface area contributed by atoms with Gasteiger partial charge in [-0.15, -0.1) is 17.0 Å². The van der Waals surface area contributed by atoms with Crippen LogP contribution in [0.2, 0.25) is 0 Å². The first-order valence-electron chi connectivity index (χ1n) is 29.8. The zero-order valence-electron chi connectivity index (χ0n) is 54.6. The molecule has 9 rings (SSSR count). The molecule has 0 amide bonds. The van der Waals surface area contributed by atoms with Gasteiger partial charge in [-0.3, -0.25) is 0 Å². The summed E-state index contributed by atoms with van der Waals surface area (Å²) in [6.07, 6.45) is 11.7. The van der Waals surface area contributed by atoms with E-state index in [0.717, 1.165) is 84.3 Å². The third-order valence-electron chi connectivity index (χ3n) is 16.7. The average molecular weight is 1150 g/mol. The maximum absolute atomic E-state index is 14.1. The minimum absolute atomic E-state index is 0. The van der Waals surface area contributed by atoms with Crippen LogP contribution < -0.4 is 20.8 Å². The number of fused-ring (bicyclic) bond motifs is 5. The standard InChI is InChI=1S/C77H93N4O.Ni/c1-70(2,3)50-31-45(32-51(40-50)71(4,5)6)65-58-25-26-59(78-58)66(46-33-52(72(7,8)9)41-53(34-46)73(10,11)12)61-29-30-63(80-61)68(48-37-56(76(19,20)21)43-57(38-48)77(22,23)24)69-49(44-82)39-64(81-69)67(62-28-27-60(65)79-62)47-35-54(74(13,14)15)42-55(36-47)75(16,17)18;/h25-44H,1-24H3,(H-,78,79,80,81,82);/q-1;+2/p-1. The Bertz CT molecular complexity index is 3770. The minimum Gasteiger partial charge on any atom is -0.877 e. The van der Waals surface area contributed by atoms with Gasteiger partial charge in [0.05, 0.1) is 34.2 Å². The van der Waals surface area contributed by atoms with Crippen LogP contribution in [0.3, 0.4) is 0 Å². The molecule has 0 N–H and O–H groups in total. The summed E-state index contributed by atoms with van der Waals surface area (Å²) in [5, 5.41) is 15.6. The molecule has 5 heterocycles. The summed E-state index contributed by atoms with van der Waals surface area (Å²) in [6.45, 7) is 54.8. The number of rotatable bonds is 4. The largest absolute Gasteiger partial charge is 2.00 e. The van der Waals surface area contributed by atoms with Crippen LogP contribution >= 0.6 is 0 Å². The molecule has 0 atom stereocenters. The fraction of sp³-hybridized carbons (Fsp3) is 0.416. The second-order valence-electron chi connectivity index (χ2n) is 31.9. The second-order valence-corrected chi connectivity index (χ2v) is 31.9. The van der Waals surface area contributed by atoms with Crippen LogP contribution in [0, 0.1) is 0 Å². The quantitative estimate of drug-likeness (QED) is 0.133. The van der Waals surface area contributed by atoms with Crippen LogP contribution in [0.5, 0.6) is 0 Å². The number of aliphatic imine (C=N–C) groups is 3. The zero-order chi connectivity index (χ0) is 60.4. The van der Waals surface area contributed by atoms with Crippen LogP contribution in [0.1, 0.15) is 233 Å². The Labute approximate surface area is 509 Å². The molecule has 0 spiro atoms. The second kappa shape index (κ2) is 21.3. The van der Waals surface area contributed by atoms with Gasteiger partial charge in [-0.25, -0.2) is 15.0 Å². The number of nitrogens with zero attached hydrogens (tertiary/aromatic N) is 4. The summed E-state index contributed by atoms with van der Waals surface area (Å²) in [7, 11) is 0. The minimum atomic E-state index is -0.189. The van der Waals surface area contributed by atoms with Crippen molar-refractivity contribution in [2.75, 3.05) is 0 Å². The SMILES string of the molecule is CC(C)(C)c1cc(C2=C3C=CC(=N3)C(c3cc(C(C)(C)C)cc(C(C)(C)C)c3)=C3C=CC(=N3)C(c3cc(C(C)(C)C)cc(C(C)(C)C)c3)=c3ccc([n-]3)=C(c3cc(C(C)(C)C)cc(C(C)(C)C)c3)C3=NC2=CC3=C[O-])cc(C(C)(C)C)c1.[Ni+2]. The molecule has 6 heteroatoms. The van der Waals surface area contributed by atoms with Crippen molar-refractivity contribution < 1.29 is 21.6 Å². The molecular weight excluding hydrogens is 1060 g/mol. The van der Waals surface area contributed by atoms with Crippen molar-refractivity contribution in [2.24, 2.45) is 15.0 Å². The van der Waals surface area contributed by atoms with Crippen molar-refractivity contribution in [1.29, 1.82) is 0 Å². The first kappa shape index (κ1) is 62.7. The van der Waals surface area contributed by atoms with Gasteiger partial charge in [-0.1, -0.05) is 251 Å². The van der Waals surface area contributed by atoms with E-state index in [9.17, 15) is 5.11 Å². The molecule has 83 heavy (non-hydrogen) atoms. The third kappa shape index (κ3) is 12.9. The Morgan fingerprint density at radius 2 is 0.614 bits per heavy atom. The van der Waals surface area contributed by atoms with E-state index in [1.807, 2.05) is 6.08 Å². The van der Waals surface area contributed by atoms with E-state index < -0.39 is 0 Å². The number of benzene rings is 4. The Balaban J connectivity index is 0.00000900. The Morgan fingerprint density at radius 1 is 0.337 bits per heavy atom. The topological polar surface area (TPSA) is 74.2 Å². The molecule has 4 aliphatic heterocycles. The Hall–Kier alpha value is -6.36. The Kier molecular flexibility index (Phi) is 16.1. The van der Waals surface area contributed by atoms with Gasteiger partial charge in [0, 0.05) is 11.1 Å². The van der Waals surface area contributed by atoms with Gasteiger partial charge in [-0.2, -0.15) is 0 Å². The normalized spacial score (nSPS) is 16.9. The van der Waals surface area contributed by atoms with Crippen molar-refractivity contribution in [2.45, 2.75) is 209 Å². The molecule has 4 aromatic carbocycles. The molecule has 1 aromatic heterocycles. The number of aromatic nitrogens is 1. The van der Waals surface area contributed by atoms with E-state index in [1.54, 1.807) is 0 Å². The van der Waals surface area contributed by atoms with Crippen molar-refractivity contribution in [3.05, 3.63) is 222 Å². The zero-order valence-corrected chi connectivity index (χ0v) is 55.5. The maximum atomic E-state index is 14.1. The fourth-order valence-electron chi connectivity index (χ4n) is 11.0. The van der Waals surface area contributed by atoms with Crippen LogP contribution in [0.25, 0.3) is 22.3 Å². The van der Waals surface area contributed by atoms with E-state index in [2.05, 4.69) is 275 Å². The predicted molar refractivity (Wildman–Crippen MR) is 350 cm³/mol. The van der Waals surface area contributed by atoms with E-state index in [-0.39, 0.29) is 59.8 Å². The molecule has 4 aliphatic rings. The molecule has 0 saturated heterocycles. The van der Waals surface area contributed by atoms with Gasteiger partial charge in [0.2, 0.25) is 0 Å². The van der Waals surface area contributed by atoms with Gasteiger partial charge < -0.3 is 10.1 Å². The van der Waals surface area contributed by atoms with Crippen LogP contribution in [0.4, 0.5) is 0 Å². The van der Waals surface area contributed by atoms with Gasteiger partial charge in [0.15, 0.2) is 0 Å². The summed E-state index contributed by atoms with van der Waals surface area (Å²) in [6, 6.07) is 32.4. The van der Waals surface area contributed by atoms with Crippen molar-refractivity contribution >= 4 is 39.4 Å². The molecule has 5 nitrogen and oxygen atoms in total. The smallest absolute Gasteiger partial charge is 0.877 e. The Morgan fingerprint density at radius 3 is 0.940 bits per heavy atom. The molecular formula is C77H92N4NiO. The van der Waals surface area contributed by atoms with Gasteiger partial charge in [0.25, 0.3) is 0 Å².